The summed E-state index contributed by atoms with van der Waals surface area (Å²) in [5, 5.41) is 3.74. The first-order valence-corrected chi connectivity index (χ1v) is 7.94. The zero-order chi connectivity index (χ0) is 12.6. The van der Waals surface area contributed by atoms with Crippen LogP contribution in [0.1, 0.15) is 64.7 Å². The summed E-state index contributed by atoms with van der Waals surface area (Å²) in [7, 11) is 0. The van der Waals surface area contributed by atoms with Crippen molar-refractivity contribution in [2.45, 2.75) is 76.9 Å². The van der Waals surface area contributed by atoms with Gasteiger partial charge >= 0.3 is 0 Å². The molecule has 0 aromatic heterocycles. The summed E-state index contributed by atoms with van der Waals surface area (Å²) in [5.74, 6) is 0. The lowest BCUT2D eigenvalue weighted by Gasteiger charge is -2.25. The zero-order valence-corrected chi connectivity index (χ0v) is 11.9. The highest BCUT2D eigenvalue weighted by Crippen LogP contribution is 2.25. The highest BCUT2D eigenvalue weighted by Gasteiger charge is 2.20. The van der Waals surface area contributed by atoms with Gasteiger partial charge in [-0.1, -0.05) is 18.6 Å². The Morgan fingerprint density at radius 2 is 2.33 bits per heavy atom. The van der Waals surface area contributed by atoms with Crippen LogP contribution in [0.3, 0.4) is 0 Å². The van der Waals surface area contributed by atoms with Crippen molar-refractivity contribution in [3.8, 4) is 0 Å². The van der Waals surface area contributed by atoms with Crippen LogP contribution in [0.2, 0.25) is 0 Å². The highest BCUT2D eigenvalue weighted by molar-refractivity contribution is 5.13. The third-order valence-electron chi connectivity index (χ3n) is 4.22. The van der Waals surface area contributed by atoms with E-state index in [1.807, 2.05) is 0 Å². The second-order valence-corrected chi connectivity index (χ2v) is 5.74. The Hall–Kier alpha value is -0.340. The van der Waals surface area contributed by atoms with E-state index in [1.165, 1.54) is 57.8 Å². The van der Waals surface area contributed by atoms with Gasteiger partial charge < -0.3 is 10.1 Å². The van der Waals surface area contributed by atoms with Gasteiger partial charge in [0.25, 0.3) is 0 Å². The molecule has 0 spiro atoms. The van der Waals surface area contributed by atoms with E-state index in [1.54, 1.807) is 5.57 Å². The molecule has 0 amide bonds. The van der Waals surface area contributed by atoms with E-state index in [4.69, 9.17) is 4.74 Å². The number of hydrogen-bond donors (Lipinski definition) is 1. The topological polar surface area (TPSA) is 21.3 Å². The van der Waals surface area contributed by atoms with E-state index in [0.717, 1.165) is 13.2 Å². The summed E-state index contributed by atoms with van der Waals surface area (Å²) >= 11 is 0. The van der Waals surface area contributed by atoms with Gasteiger partial charge in [0.2, 0.25) is 0 Å². The third-order valence-corrected chi connectivity index (χ3v) is 4.22. The first-order chi connectivity index (χ1) is 8.90. The second kappa shape index (κ2) is 7.96. The molecule has 1 heterocycles. The molecule has 1 aliphatic carbocycles. The van der Waals surface area contributed by atoms with Crippen molar-refractivity contribution in [3.63, 3.8) is 0 Å². The van der Waals surface area contributed by atoms with E-state index < -0.39 is 0 Å². The van der Waals surface area contributed by atoms with Gasteiger partial charge in [-0.15, -0.1) is 0 Å². The van der Waals surface area contributed by atoms with Crippen molar-refractivity contribution < 1.29 is 4.74 Å². The number of rotatable bonds is 7. The van der Waals surface area contributed by atoms with E-state index in [0.29, 0.717) is 12.1 Å². The summed E-state index contributed by atoms with van der Waals surface area (Å²) in [6.07, 6.45) is 14.7. The van der Waals surface area contributed by atoms with Gasteiger partial charge in [0.1, 0.15) is 0 Å². The smallest absolute Gasteiger partial charge is 0.0576 e. The van der Waals surface area contributed by atoms with Crippen LogP contribution < -0.4 is 5.32 Å². The van der Waals surface area contributed by atoms with Crippen molar-refractivity contribution >= 4 is 0 Å². The Labute approximate surface area is 112 Å². The van der Waals surface area contributed by atoms with Crippen LogP contribution >= 0.6 is 0 Å². The molecular formula is C16H29NO. The summed E-state index contributed by atoms with van der Waals surface area (Å²) < 4.78 is 5.75. The molecule has 2 atom stereocenters. The van der Waals surface area contributed by atoms with Gasteiger partial charge in [-0.05, 0) is 64.3 Å². The molecule has 18 heavy (non-hydrogen) atoms. The predicted octanol–water partition coefficient (Wildman–Crippen LogP) is 3.81. The molecule has 0 radical (unpaired) electrons. The van der Waals surface area contributed by atoms with Gasteiger partial charge in [-0.3, -0.25) is 0 Å². The zero-order valence-electron chi connectivity index (χ0n) is 11.9. The Bertz CT molecular complexity index is 256. The molecule has 1 saturated heterocycles. The molecule has 0 saturated carbocycles. The summed E-state index contributed by atoms with van der Waals surface area (Å²) in [6.45, 7) is 4.38. The Morgan fingerprint density at radius 1 is 1.39 bits per heavy atom. The second-order valence-electron chi connectivity index (χ2n) is 5.74. The van der Waals surface area contributed by atoms with Gasteiger partial charge in [0, 0.05) is 12.6 Å². The fourth-order valence-corrected chi connectivity index (χ4v) is 3.14. The maximum absolute atomic E-state index is 5.75. The van der Waals surface area contributed by atoms with Gasteiger partial charge in [0.15, 0.2) is 0 Å². The standard InChI is InChI=1S/C16H29NO/c1-2-12-17-16(14-7-4-3-5-8-14)11-10-15-9-6-13-18-15/h7,15-17H,2-6,8-13H2,1H3. The van der Waals surface area contributed by atoms with Crippen molar-refractivity contribution in [2.75, 3.05) is 13.2 Å². The monoisotopic (exact) mass is 251 g/mol. The van der Waals surface area contributed by atoms with Crippen LogP contribution in [-0.2, 0) is 4.74 Å². The SMILES string of the molecule is CCCNC(CCC1CCCO1)C1=CCCCC1. The molecule has 2 rings (SSSR count). The van der Waals surface area contributed by atoms with Crippen LogP contribution in [0.15, 0.2) is 11.6 Å². The first-order valence-electron chi connectivity index (χ1n) is 7.94. The van der Waals surface area contributed by atoms with E-state index in [-0.39, 0.29) is 0 Å². The number of nitrogens with one attached hydrogen (secondary N) is 1. The van der Waals surface area contributed by atoms with Crippen molar-refractivity contribution in [3.05, 3.63) is 11.6 Å². The lowest BCUT2D eigenvalue weighted by molar-refractivity contribution is 0.100. The molecule has 2 heteroatoms. The molecule has 2 unspecified atom stereocenters. The predicted molar refractivity (Wildman–Crippen MR) is 76.8 cm³/mol. The number of hydrogen-bond acceptors (Lipinski definition) is 2. The maximum Gasteiger partial charge on any atom is 0.0576 e. The average molecular weight is 251 g/mol. The molecule has 0 aromatic carbocycles. The average Bonchev–Trinajstić information content (AvgIpc) is 2.93. The maximum atomic E-state index is 5.75. The van der Waals surface area contributed by atoms with E-state index >= 15 is 0 Å². The van der Waals surface area contributed by atoms with Crippen LogP contribution in [0.4, 0.5) is 0 Å². The largest absolute Gasteiger partial charge is 0.378 e. The highest BCUT2D eigenvalue weighted by atomic mass is 16.5. The molecule has 1 N–H and O–H groups in total. The molecule has 2 aliphatic rings. The lowest BCUT2D eigenvalue weighted by atomic mass is 9.90. The Kier molecular flexibility index (Phi) is 6.22. The Morgan fingerprint density at radius 3 is 3.00 bits per heavy atom. The summed E-state index contributed by atoms with van der Waals surface area (Å²) in [6, 6.07) is 0.620. The van der Waals surface area contributed by atoms with Crippen LogP contribution in [0.5, 0.6) is 0 Å². The molecule has 0 bridgehead atoms. The number of allylic oxidation sites excluding steroid dienone is 1. The molecule has 1 fully saturated rings. The Balaban J connectivity index is 1.81. The molecule has 1 aliphatic heterocycles. The van der Waals surface area contributed by atoms with Crippen molar-refractivity contribution in [2.24, 2.45) is 0 Å². The van der Waals surface area contributed by atoms with E-state index in [2.05, 4.69) is 18.3 Å². The van der Waals surface area contributed by atoms with Gasteiger partial charge in [0.05, 0.1) is 6.10 Å². The fraction of sp³-hybridized carbons (Fsp3) is 0.875. The minimum Gasteiger partial charge on any atom is -0.378 e. The van der Waals surface area contributed by atoms with Crippen molar-refractivity contribution in [1.82, 2.24) is 5.32 Å². The minimum absolute atomic E-state index is 0.542. The third kappa shape index (κ3) is 4.40. The number of ether oxygens (including phenoxy) is 1. The first kappa shape index (κ1) is 14.1. The fourth-order valence-electron chi connectivity index (χ4n) is 3.14. The quantitative estimate of drug-likeness (QED) is 0.695. The van der Waals surface area contributed by atoms with Crippen LogP contribution in [-0.4, -0.2) is 25.3 Å². The minimum atomic E-state index is 0.542. The van der Waals surface area contributed by atoms with Gasteiger partial charge in [-0.25, -0.2) is 0 Å². The van der Waals surface area contributed by atoms with Gasteiger partial charge in [-0.2, -0.15) is 0 Å². The molecule has 2 nitrogen and oxygen atoms in total. The van der Waals surface area contributed by atoms with Crippen molar-refractivity contribution in [1.29, 1.82) is 0 Å². The molecule has 104 valence electrons. The van der Waals surface area contributed by atoms with Crippen LogP contribution in [0.25, 0.3) is 0 Å². The normalized spacial score (nSPS) is 26.1. The summed E-state index contributed by atoms with van der Waals surface area (Å²) in [5.41, 5.74) is 1.67. The molecular weight excluding hydrogens is 222 g/mol. The molecule has 0 aromatic rings. The van der Waals surface area contributed by atoms with E-state index in [9.17, 15) is 0 Å². The summed E-state index contributed by atoms with van der Waals surface area (Å²) in [4.78, 5) is 0. The lowest BCUT2D eigenvalue weighted by Crippen LogP contribution is -2.33. The van der Waals surface area contributed by atoms with Crippen LogP contribution in [0, 0.1) is 0 Å².